The SMILES string of the molecule is CC(C)(O)c1cccc(C(=O)N[C@H](CC2CC2)C(=O)N[C@@H](c2cc(F)c(C(F)(F)F)cc2F)C2COC2)c1.COC(=O)c1cccc(C(=O)N[C@H](CC2CC2)C(=O)N[C@@H](c2cc(F)c(C(F)(F)F)cc2F)C2COC2)c1. The van der Waals surface area contributed by atoms with Crippen molar-refractivity contribution in [2.24, 2.45) is 23.7 Å². The first kappa shape index (κ1) is 57.1. The highest BCUT2D eigenvalue weighted by Gasteiger charge is 2.42. The molecule has 0 unspecified atom stereocenters. The summed E-state index contributed by atoms with van der Waals surface area (Å²) < 4.78 is 151. The second-order valence-electron chi connectivity index (χ2n) is 19.9. The van der Waals surface area contributed by atoms with E-state index in [9.17, 15) is 73.0 Å². The van der Waals surface area contributed by atoms with Gasteiger partial charge in [0.15, 0.2) is 0 Å². The van der Waals surface area contributed by atoms with Crippen LogP contribution < -0.4 is 21.3 Å². The maximum Gasteiger partial charge on any atom is 0.419 e. The fourth-order valence-corrected chi connectivity index (χ4v) is 8.60. The number of hydrogen-bond acceptors (Lipinski definition) is 9. The number of methoxy groups -OCH3 is 1. The highest BCUT2D eigenvalue weighted by Crippen LogP contribution is 2.40. The van der Waals surface area contributed by atoms with Crippen LogP contribution in [0.2, 0.25) is 0 Å². The number of carbonyl (C=O) groups is 5. The van der Waals surface area contributed by atoms with E-state index in [-0.39, 0.29) is 73.5 Å². The smallest absolute Gasteiger partial charge is 0.419 e. The van der Waals surface area contributed by atoms with Gasteiger partial charge in [-0.3, -0.25) is 19.2 Å². The second kappa shape index (κ2) is 23.3. The number of amides is 4. The van der Waals surface area contributed by atoms with Gasteiger partial charge < -0.3 is 40.6 Å². The van der Waals surface area contributed by atoms with Gasteiger partial charge in [-0.1, -0.05) is 43.9 Å². The summed E-state index contributed by atoms with van der Waals surface area (Å²) in [4.78, 5) is 64.4. The molecule has 4 fully saturated rings. The summed E-state index contributed by atoms with van der Waals surface area (Å²) in [6.45, 7) is 3.48. The predicted octanol–water partition coefficient (Wildman–Crippen LogP) is 8.79. The van der Waals surface area contributed by atoms with E-state index in [1.165, 1.54) is 43.5 Å². The lowest BCUT2D eigenvalue weighted by molar-refractivity contribution is -0.141. The van der Waals surface area contributed by atoms with Crippen molar-refractivity contribution < 1.29 is 87.2 Å². The van der Waals surface area contributed by atoms with Gasteiger partial charge in [0.2, 0.25) is 11.8 Å². The first-order valence-electron chi connectivity index (χ1n) is 24.2. The minimum Gasteiger partial charge on any atom is -0.465 e. The summed E-state index contributed by atoms with van der Waals surface area (Å²) in [5.41, 5.74) is -4.60. The molecule has 4 atom stereocenters. The summed E-state index contributed by atoms with van der Waals surface area (Å²) in [6.07, 6.45) is -6.17. The minimum atomic E-state index is -5.09. The lowest BCUT2D eigenvalue weighted by atomic mass is 9.89. The lowest BCUT2D eigenvalue weighted by Crippen LogP contribution is -2.51. The predicted molar refractivity (Wildman–Crippen MR) is 250 cm³/mol. The molecule has 13 nitrogen and oxygen atoms in total. The van der Waals surface area contributed by atoms with Crippen LogP contribution in [0.1, 0.15) is 123 Å². The van der Waals surface area contributed by atoms with Crippen LogP contribution >= 0.6 is 0 Å². The number of rotatable bonds is 18. The Morgan fingerprint density at radius 1 is 0.579 bits per heavy atom. The molecule has 0 spiro atoms. The fraction of sp³-hybridized carbons (Fsp3) is 0.453. The van der Waals surface area contributed by atoms with Crippen molar-refractivity contribution in [3.05, 3.63) is 141 Å². The summed E-state index contributed by atoms with van der Waals surface area (Å²) >= 11 is 0. The van der Waals surface area contributed by atoms with Crippen molar-refractivity contribution in [2.45, 2.75) is 94.5 Å². The van der Waals surface area contributed by atoms with Crippen LogP contribution in [0.4, 0.5) is 43.9 Å². The van der Waals surface area contributed by atoms with Gasteiger partial charge in [-0.15, -0.1) is 0 Å². The molecule has 2 heterocycles. The van der Waals surface area contributed by atoms with Crippen molar-refractivity contribution in [1.82, 2.24) is 21.3 Å². The molecule has 5 N–H and O–H groups in total. The van der Waals surface area contributed by atoms with Crippen molar-refractivity contribution in [3.8, 4) is 0 Å². The van der Waals surface area contributed by atoms with Crippen LogP contribution in [0.15, 0.2) is 72.8 Å². The molecule has 0 radical (unpaired) electrons. The third kappa shape index (κ3) is 14.5. The number of alkyl halides is 6. The average Bonchev–Trinajstić information content (AvgIpc) is 4.28. The van der Waals surface area contributed by atoms with Gasteiger partial charge in [0.05, 0.1) is 67.9 Å². The molecule has 410 valence electrons. The van der Waals surface area contributed by atoms with Crippen LogP contribution in [0, 0.1) is 46.9 Å². The number of carbonyl (C=O) groups excluding carboxylic acids is 5. The first-order chi connectivity index (χ1) is 35.7. The number of ether oxygens (including phenoxy) is 3. The van der Waals surface area contributed by atoms with Gasteiger partial charge in [0.1, 0.15) is 35.4 Å². The van der Waals surface area contributed by atoms with Crippen LogP contribution in [-0.4, -0.2) is 80.3 Å². The monoisotopic (exact) mass is 1080 g/mol. The number of aliphatic hydroxyl groups is 1. The quantitative estimate of drug-likeness (QED) is 0.0481. The van der Waals surface area contributed by atoms with E-state index < -0.39 is 129 Å². The second-order valence-corrected chi connectivity index (χ2v) is 19.9. The van der Waals surface area contributed by atoms with Gasteiger partial charge in [-0.05, 0) is 98.7 Å². The zero-order valence-corrected chi connectivity index (χ0v) is 41.1. The topological polar surface area (TPSA) is 181 Å². The molecule has 4 amide bonds. The Morgan fingerprint density at radius 3 is 1.33 bits per heavy atom. The molecule has 8 rings (SSSR count). The Labute approximate surface area is 429 Å². The Morgan fingerprint density at radius 2 is 0.974 bits per heavy atom. The van der Waals surface area contributed by atoms with Crippen molar-refractivity contribution in [3.63, 3.8) is 0 Å². The summed E-state index contributed by atoms with van der Waals surface area (Å²) in [7, 11) is 1.19. The highest BCUT2D eigenvalue weighted by molar-refractivity contribution is 6.00. The molecule has 2 aliphatic heterocycles. The van der Waals surface area contributed by atoms with Gasteiger partial charge in [-0.2, -0.15) is 26.3 Å². The van der Waals surface area contributed by atoms with E-state index in [1.807, 2.05) is 0 Å². The van der Waals surface area contributed by atoms with Gasteiger partial charge in [-0.25, -0.2) is 22.4 Å². The minimum absolute atomic E-state index is 0.0705. The molecular weight excluding hydrogens is 1030 g/mol. The Hall–Kier alpha value is -6.59. The van der Waals surface area contributed by atoms with E-state index in [4.69, 9.17) is 9.47 Å². The lowest BCUT2D eigenvalue weighted by Gasteiger charge is -2.35. The Balaban J connectivity index is 0.000000221. The number of esters is 1. The average molecular weight is 1080 g/mol. The highest BCUT2D eigenvalue weighted by atomic mass is 19.4. The number of benzene rings is 4. The molecule has 76 heavy (non-hydrogen) atoms. The van der Waals surface area contributed by atoms with Gasteiger partial charge in [0.25, 0.3) is 11.8 Å². The number of hydrogen-bond donors (Lipinski definition) is 5. The largest absolute Gasteiger partial charge is 0.465 e. The summed E-state index contributed by atoms with van der Waals surface area (Å²) in [5, 5.41) is 20.8. The van der Waals surface area contributed by atoms with Gasteiger partial charge in [0, 0.05) is 34.1 Å². The normalized spacial score (nSPS) is 17.6. The molecule has 4 aromatic rings. The summed E-state index contributed by atoms with van der Waals surface area (Å²) in [5.74, 6) is -9.82. The molecule has 2 saturated heterocycles. The van der Waals surface area contributed by atoms with Gasteiger partial charge >= 0.3 is 18.3 Å². The van der Waals surface area contributed by atoms with Crippen molar-refractivity contribution in [2.75, 3.05) is 33.5 Å². The molecule has 23 heteroatoms. The van der Waals surface area contributed by atoms with E-state index in [1.54, 1.807) is 26.0 Å². The molecule has 4 aromatic carbocycles. The van der Waals surface area contributed by atoms with Crippen LogP contribution in [0.5, 0.6) is 0 Å². The van der Waals surface area contributed by atoms with E-state index in [2.05, 4.69) is 26.0 Å². The zero-order chi connectivity index (χ0) is 55.4. The molecule has 0 bridgehead atoms. The third-order valence-corrected chi connectivity index (χ3v) is 13.5. The standard InChI is InChI=1S/C27H29F5N2O4.C26H25F5N2O5/c1-26(2,37)17-5-3-4-15(9-17)24(35)33-22(8-14-6-7-14)25(36)34-23(16-12-38-13-16)18-10-21(29)19(11-20(18)28)27(30,31)32;1-37-25(36)15-4-2-3-14(8-15)23(34)32-21(7-13-5-6-13)24(35)33-22(16-11-38-12-16)17-9-20(28)18(10-19(17)27)26(29,30)31/h3-5,9-11,14,16,22-23,37H,6-8,12-13H2,1-2H3,(H,33,35)(H,34,36);2-4,8-10,13,16,21-22H,5-7,11-12H2,1H3,(H,32,34)(H,33,35)/t22-,23-;21-,22-/m11/s1. The van der Waals surface area contributed by atoms with Crippen LogP contribution in [0.25, 0.3) is 0 Å². The zero-order valence-electron chi connectivity index (χ0n) is 41.1. The molecule has 2 aliphatic carbocycles. The molecule has 2 saturated carbocycles. The van der Waals surface area contributed by atoms with Crippen molar-refractivity contribution >= 4 is 29.6 Å². The maximum absolute atomic E-state index is 14.8. The molecular formula is C53H54F10N4O9. The summed E-state index contributed by atoms with van der Waals surface area (Å²) in [6, 6.07) is 8.61. The maximum atomic E-state index is 14.8. The van der Waals surface area contributed by atoms with E-state index in [0.29, 0.717) is 24.1 Å². The van der Waals surface area contributed by atoms with Crippen LogP contribution in [-0.2, 0) is 41.8 Å². The van der Waals surface area contributed by atoms with Crippen molar-refractivity contribution in [1.29, 1.82) is 0 Å². The van der Waals surface area contributed by atoms with E-state index >= 15 is 0 Å². The Bertz CT molecular complexity index is 2810. The third-order valence-electron chi connectivity index (χ3n) is 13.5. The van der Waals surface area contributed by atoms with Crippen LogP contribution in [0.3, 0.4) is 0 Å². The number of nitrogens with one attached hydrogen (secondary N) is 4. The Kier molecular flexibility index (Phi) is 17.5. The fourth-order valence-electron chi connectivity index (χ4n) is 8.60. The number of halogens is 10. The molecule has 4 aliphatic rings. The van der Waals surface area contributed by atoms with E-state index in [0.717, 1.165) is 25.7 Å². The first-order valence-corrected chi connectivity index (χ1v) is 24.2. The molecule has 0 aromatic heterocycles.